The third-order valence-electron chi connectivity index (χ3n) is 5.77. The van der Waals surface area contributed by atoms with Crippen molar-refractivity contribution in [2.75, 3.05) is 0 Å². The fourth-order valence-corrected chi connectivity index (χ4v) is 3.81. The zero-order valence-corrected chi connectivity index (χ0v) is 19.9. The second-order valence-corrected chi connectivity index (χ2v) is 8.72. The summed E-state index contributed by atoms with van der Waals surface area (Å²) in [5.74, 6) is 0. The lowest BCUT2D eigenvalue weighted by Crippen LogP contribution is -1.84. The smallest absolute Gasteiger partial charge is 0.119 e. The molecule has 1 nitrogen and oxygen atoms in total. The summed E-state index contributed by atoms with van der Waals surface area (Å²) < 4.78 is 0. The molecule has 0 aliphatic carbocycles. The minimum Gasteiger partial charge on any atom is -0.303 e. The third kappa shape index (κ3) is 27.1. The number of allylic oxidation sites excluding steroid dienone is 4. The minimum atomic E-state index is 0.758. The molecule has 0 saturated carbocycles. The Balaban J connectivity index is 3.09. The minimum absolute atomic E-state index is 0.758. The van der Waals surface area contributed by atoms with E-state index in [-0.39, 0.29) is 0 Å². The van der Waals surface area contributed by atoms with E-state index in [2.05, 4.69) is 31.2 Å². The van der Waals surface area contributed by atoms with Gasteiger partial charge in [-0.25, -0.2) is 0 Å². The fourth-order valence-electron chi connectivity index (χ4n) is 3.81. The molecule has 0 unspecified atom stereocenters. The maximum atomic E-state index is 10.2. The van der Waals surface area contributed by atoms with E-state index in [1.165, 1.54) is 122 Å². The maximum Gasteiger partial charge on any atom is 0.119 e. The first-order valence-corrected chi connectivity index (χ1v) is 13.2. The molecule has 0 aromatic heterocycles. The Bertz CT molecular complexity index is 355. The van der Waals surface area contributed by atoms with Crippen LogP contribution in [-0.4, -0.2) is 6.29 Å². The molecule has 29 heavy (non-hydrogen) atoms. The van der Waals surface area contributed by atoms with Crippen LogP contribution in [0.3, 0.4) is 0 Å². The van der Waals surface area contributed by atoms with Crippen molar-refractivity contribution in [1.82, 2.24) is 0 Å². The van der Waals surface area contributed by atoms with Gasteiger partial charge in [-0.3, -0.25) is 0 Å². The van der Waals surface area contributed by atoms with E-state index >= 15 is 0 Å². The molecule has 0 aromatic carbocycles. The average molecular weight is 405 g/mol. The zero-order chi connectivity index (χ0) is 21.1. The Morgan fingerprint density at radius 3 is 1.14 bits per heavy atom. The number of carbonyl (C=O) groups is 1. The van der Waals surface area contributed by atoms with Gasteiger partial charge in [0.2, 0.25) is 0 Å². The number of unbranched alkanes of at least 4 members (excludes halogenated alkanes) is 19. The Hall–Kier alpha value is -0.850. The van der Waals surface area contributed by atoms with E-state index in [9.17, 15) is 4.79 Å². The van der Waals surface area contributed by atoms with E-state index < -0.39 is 0 Å². The fraction of sp³-hybridized carbons (Fsp3) is 0.821. The van der Waals surface area contributed by atoms with Crippen LogP contribution in [-0.2, 0) is 4.79 Å². The monoisotopic (exact) mass is 404 g/mol. The van der Waals surface area contributed by atoms with Gasteiger partial charge in [0.15, 0.2) is 0 Å². The van der Waals surface area contributed by atoms with Crippen LogP contribution in [0.4, 0.5) is 0 Å². The Morgan fingerprint density at radius 2 is 0.759 bits per heavy atom. The summed E-state index contributed by atoms with van der Waals surface area (Å²) in [6, 6.07) is 0. The lowest BCUT2D eigenvalue weighted by atomic mass is 10.0. The summed E-state index contributed by atoms with van der Waals surface area (Å²) in [6.07, 6.45) is 39.5. The highest BCUT2D eigenvalue weighted by molar-refractivity contribution is 5.48. The van der Waals surface area contributed by atoms with Crippen molar-refractivity contribution in [3.8, 4) is 0 Å². The van der Waals surface area contributed by atoms with Crippen molar-refractivity contribution in [2.45, 2.75) is 148 Å². The topological polar surface area (TPSA) is 17.1 Å². The first kappa shape index (κ1) is 28.1. The number of aldehydes is 1. The van der Waals surface area contributed by atoms with E-state index in [0.717, 1.165) is 25.5 Å². The van der Waals surface area contributed by atoms with Crippen molar-refractivity contribution < 1.29 is 4.79 Å². The number of hydrogen-bond acceptors (Lipinski definition) is 1. The highest BCUT2D eigenvalue weighted by Gasteiger charge is 1.94. The molecule has 0 rings (SSSR count). The van der Waals surface area contributed by atoms with Gasteiger partial charge in [0.25, 0.3) is 0 Å². The summed E-state index contributed by atoms with van der Waals surface area (Å²) in [7, 11) is 0. The van der Waals surface area contributed by atoms with Crippen LogP contribution in [0.5, 0.6) is 0 Å². The normalized spacial score (nSPS) is 11.8. The molecule has 0 fully saturated rings. The molecule has 0 spiro atoms. The van der Waals surface area contributed by atoms with Crippen molar-refractivity contribution in [2.24, 2.45) is 0 Å². The predicted molar refractivity (Wildman–Crippen MR) is 132 cm³/mol. The first-order valence-electron chi connectivity index (χ1n) is 13.2. The molecule has 0 bridgehead atoms. The van der Waals surface area contributed by atoms with Gasteiger partial charge < -0.3 is 4.79 Å². The van der Waals surface area contributed by atoms with Crippen LogP contribution in [0.2, 0.25) is 0 Å². The predicted octanol–water partition coefficient (Wildman–Crippen LogP) is 9.90. The van der Waals surface area contributed by atoms with Gasteiger partial charge in [-0.15, -0.1) is 0 Å². The molecule has 0 N–H and O–H groups in total. The summed E-state index contributed by atoms with van der Waals surface area (Å²) in [6.45, 7) is 2.26. The van der Waals surface area contributed by atoms with Crippen molar-refractivity contribution in [1.29, 1.82) is 0 Å². The van der Waals surface area contributed by atoms with Crippen LogP contribution >= 0.6 is 0 Å². The van der Waals surface area contributed by atoms with E-state index in [1.807, 2.05) is 0 Å². The van der Waals surface area contributed by atoms with Gasteiger partial charge in [0.05, 0.1) is 0 Å². The zero-order valence-electron chi connectivity index (χ0n) is 19.9. The first-order chi connectivity index (χ1) is 14.4. The molecule has 0 atom stereocenters. The quantitative estimate of drug-likeness (QED) is 0.0888. The molecular formula is C28H52O. The molecule has 1 heteroatoms. The van der Waals surface area contributed by atoms with E-state index in [4.69, 9.17) is 0 Å². The van der Waals surface area contributed by atoms with Gasteiger partial charge in [-0.05, 0) is 38.5 Å². The Kier molecular flexibility index (Phi) is 26.4. The highest BCUT2D eigenvalue weighted by atomic mass is 16.1. The van der Waals surface area contributed by atoms with Crippen LogP contribution in [0.1, 0.15) is 148 Å². The van der Waals surface area contributed by atoms with E-state index in [0.29, 0.717) is 0 Å². The number of carbonyl (C=O) groups excluding carboxylic acids is 1. The third-order valence-corrected chi connectivity index (χ3v) is 5.77. The van der Waals surface area contributed by atoms with E-state index in [1.54, 1.807) is 0 Å². The molecule has 0 heterocycles. The largest absolute Gasteiger partial charge is 0.303 e. The molecule has 0 aromatic rings. The van der Waals surface area contributed by atoms with Crippen molar-refractivity contribution >= 4 is 6.29 Å². The van der Waals surface area contributed by atoms with Gasteiger partial charge in [-0.1, -0.05) is 128 Å². The SMILES string of the molecule is CCCCC/C=C/C/C=C/CCCCCCCCCCCCCCCCCC=O. The molecule has 0 aliphatic heterocycles. The second-order valence-electron chi connectivity index (χ2n) is 8.72. The number of hydrogen-bond donors (Lipinski definition) is 0. The van der Waals surface area contributed by atoms with Gasteiger partial charge in [-0.2, -0.15) is 0 Å². The second kappa shape index (κ2) is 27.1. The maximum absolute atomic E-state index is 10.2. The van der Waals surface area contributed by atoms with Crippen LogP contribution in [0.15, 0.2) is 24.3 Å². The number of rotatable bonds is 24. The Labute approximate surface area is 183 Å². The summed E-state index contributed by atoms with van der Waals surface area (Å²) >= 11 is 0. The van der Waals surface area contributed by atoms with Crippen LogP contribution in [0.25, 0.3) is 0 Å². The summed E-state index contributed by atoms with van der Waals surface area (Å²) in [5.41, 5.74) is 0. The average Bonchev–Trinajstić information content (AvgIpc) is 2.74. The van der Waals surface area contributed by atoms with Crippen LogP contribution < -0.4 is 0 Å². The van der Waals surface area contributed by atoms with Gasteiger partial charge >= 0.3 is 0 Å². The lowest BCUT2D eigenvalue weighted by Gasteiger charge is -2.03. The highest BCUT2D eigenvalue weighted by Crippen LogP contribution is 2.14. The molecule has 0 amide bonds. The summed E-state index contributed by atoms with van der Waals surface area (Å²) in [5, 5.41) is 0. The van der Waals surface area contributed by atoms with Crippen molar-refractivity contribution in [3.05, 3.63) is 24.3 Å². The van der Waals surface area contributed by atoms with Gasteiger partial charge in [0.1, 0.15) is 6.29 Å². The molecule has 0 radical (unpaired) electrons. The van der Waals surface area contributed by atoms with Crippen LogP contribution in [0, 0.1) is 0 Å². The lowest BCUT2D eigenvalue weighted by molar-refractivity contribution is -0.107. The molecule has 170 valence electrons. The van der Waals surface area contributed by atoms with Gasteiger partial charge in [0, 0.05) is 6.42 Å². The Morgan fingerprint density at radius 1 is 0.414 bits per heavy atom. The molecule has 0 saturated heterocycles. The summed E-state index contributed by atoms with van der Waals surface area (Å²) in [4.78, 5) is 10.2. The van der Waals surface area contributed by atoms with Crippen molar-refractivity contribution in [3.63, 3.8) is 0 Å². The standard InChI is InChI=1S/C28H52O/c1-2-3-4-5-6-7-8-9-10-11-12-13-14-15-16-17-18-19-20-21-22-23-24-25-26-27-28-29/h6-7,9-10,28H,2-5,8,11-27H2,1H3/b7-6+,10-9+. The molecule has 0 aliphatic rings. The molecular weight excluding hydrogens is 352 g/mol.